The van der Waals surface area contributed by atoms with Gasteiger partial charge in [-0.1, -0.05) is 11.6 Å². The number of aldehydes is 1. The Bertz CT molecular complexity index is 527. The standard InChI is InChI=1S/C13H17ClN4O2/c1-8-16-11(14)10(7-19)12(17-8)18-5-3-9(4-6-18)13(20)15-2/h7,9H,3-6H2,1-2H3,(H,15,20). The average molecular weight is 297 g/mol. The number of nitrogens with zero attached hydrogens (tertiary/aromatic N) is 3. The first kappa shape index (κ1) is 14.7. The number of carbonyl (C=O) groups is 2. The lowest BCUT2D eigenvalue weighted by molar-refractivity contribution is -0.125. The summed E-state index contributed by atoms with van der Waals surface area (Å²) < 4.78 is 0. The lowest BCUT2D eigenvalue weighted by atomic mass is 9.96. The van der Waals surface area contributed by atoms with E-state index >= 15 is 0 Å². The highest BCUT2D eigenvalue weighted by atomic mass is 35.5. The van der Waals surface area contributed by atoms with Crippen molar-refractivity contribution in [3.05, 3.63) is 16.5 Å². The summed E-state index contributed by atoms with van der Waals surface area (Å²) in [7, 11) is 1.65. The lowest BCUT2D eigenvalue weighted by Gasteiger charge is -2.32. The van der Waals surface area contributed by atoms with Gasteiger partial charge in [0.2, 0.25) is 5.91 Å². The first-order chi connectivity index (χ1) is 9.56. The van der Waals surface area contributed by atoms with E-state index in [0.717, 1.165) is 12.8 Å². The van der Waals surface area contributed by atoms with Crippen LogP contribution in [0.3, 0.4) is 0 Å². The highest BCUT2D eigenvalue weighted by Crippen LogP contribution is 2.27. The van der Waals surface area contributed by atoms with Crippen molar-refractivity contribution < 1.29 is 9.59 Å². The first-order valence-corrected chi connectivity index (χ1v) is 6.90. The van der Waals surface area contributed by atoms with Crippen LogP contribution in [0, 0.1) is 12.8 Å². The number of nitrogens with one attached hydrogen (secondary N) is 1. The van der Waals surface area contributed by atoms with E-state index in [1.807, 2.05) is 4.90 Å². The van der Waals surface area contributed by atoms with Crippen molar-refractivity contribution in [2.24, 2.45) is 5.92 Å². The van der Waals surface area contributed by atoms with Crippen LogP contribution in [0.5, 0.6) is 0 Å². The molecule has 2 rings (SSSR count). The largest absolute Gasteiger partial charge is 0.359 e. The summed E-state index contributed by atoms with van der Waals surface area (Å²) in [5, 5.41) is 2.85. The minimum absolute atomic E-state index is 0.0225. The van der Waals surface area contributed by atoms with Crippen LogP contribution in [0.15, 0.2) is 0 Å². The zero-order valence-electron chi connectivity index (χ0n) is 11.5. The molecule has 7 heteroatoms. The van der Waals surface area contributed by atoms with E-state index < -0.39 is 0 Å². The third kappa shape index (κ3) is 2.90. The second-order valence-electron chi connectivity index (χ2n) is 4.79. The molecular weight excluding hydrogens is 280 g/mol. The molecular formula is C13H17ClN4O2. The maximum Gasteiger partial charge on any atom is 0.222 e. The number of aryl methyl sites for hydroxylation is 1. The Morgan fingerprint density at radius 3 is 2.60 bits per heavy atom. The molecule has 0 aromatic carbocycles. The molecule has 0 saturated carbocycles. The summed E-state index contributed by atoms with van der Waals surface area (Å²) in [5.74, 6) is 1.18. The molecule has 1 amide bonds. The van der Waals surface area contributed by atoms with Crippen LogP contribution >= 0.6 is 11.6 Å². The summed E-state index contributed by atoms with van der Waals surface area (Å²) in [4.78, 5) is 33.1. The molecule has 1 N–H and O–H groups in total. The van der Waals surface area contributed by atoms with Crippen LogP contribution < -0.4 is 10.2 Å². The van der Waals surface area contributed by atoms with Crippen molar-refractivity contribution in [1.82, 2.24) is 15.3 Å². The molecule has 2 heterocycles. The Kier molecular flexibility index (Phi) is 4.54. The van der Waals surface area contributed by atoms with E-state index in [1.165, 1.54) is 0 Å². The second-order valence-corrected chi connectivity index (χ2v) is 5.15. The molecule has 1 aliphatic heterocycles. The Labute approximate surface area is 122 Å². The van der Waals surface area contributed by atoms with Gasteiger partial charge in [0.1, 0.15) is 16.8 Å². The highest BCUT2D eigenvalue weighted by molar-refractivity contribution is 6.32. The number of carbonyl (C=O) groups excluding carboxylic acids is 2. The Morgan fingerprint density at radius 2 is 2.05 bits per heavy atom. The highest BCUT2D eigenvalue weighted by Gasteiger charge is 2.27. The third-order valence-corrected chi connectivity index (χ3v) is 3.81. The molecule has 0 aliphatic carbocycles. The maximum atomic E-state index is 11.6. The van der Waals surface area contributed by atoms with Gasteiger partial charge in [-0.3, -0.25) is 9.59 Å². The molecule has 0 unspecified atom stereocenters. The Hall–Kier alpha value is -1.69. The smallest absolute Gasteiger partial charge is 0.222 e. The third-order valence-electron chi connectivity index (χ3n) is 3.52. The van der Waals surface area contributed by atoms with Crippen LogP contribution in [0.2, 0.25) is 5.15 Å². The van der Waals surface area contributed by atoms with E-state index in [4.69, 9.17) is 11.6 Å². The fourth-order valence-electron chi connectivity index (χ4n) is 2.43. The summed E-state index contributed by atoms with van der Waals surface area (Å²) in [6.45, 7) is 3.08. The number of halogens is 1. The topological polar surface area (TPSA) is 75.2 Å². The molecule has 1 fully saturated rings. The summed E-state index contributed by atoms with van der Waals surface area (Å²) >= 11 is 5.98. The van der Waals surface area contributed by atoms with Gasteiger partial charge in [-0.25, -0.2) is 9.97 Å². The number of amides is 1. The van der Waals surface area contributed by atoms with Crippen molar-refractivity contribution in [3.63, 3.8) is 0 Å². The predicted molar refractivity (Wildman–Crippen MR) is 76.2 cm³/mol. The molecule has 1 aromatic rings. The van der Waals surface area contributed by atoms with Gasteiger partial charge in [0, 0.05) is 26.1 Å². The average Bonchev–Trinajstić information content (AvgIpc) is 2.46. The fraction of sp³-hybridized carbons (Fsp3) is 0.538. The molecule has 1 aliphatic rings. The van der Waals surface area contributed by atoms with Crippen LogP contribution in [0.1, 0.15) is 29.0 Å². The summed E-state index contributed by atoms with van der Waals surface area (Å²) in [6.07, 6.45) is 2.15. The predicted octanol–water partition coefficient (Wildman–Crippen LogP) is 1.21. The van der Waals surface area contributed by atoms with Gasteiger partial charge < -0.3 is 10.2 Å². The van der Waals surface area contributed by atoms with Crippen molar-refractivity contribution in [2.45, 2.75) is 19.8 Å². The normalized spacial score (nSPS) is 16.1. The van der Waals surface area contributed by atoms with E-state index in [0.29, 0.717) is 36.6 Å². The molecule has 1 aromatic heterocycles. The number of rotatable bonds is 3. The zero-order chi connectivity index (χ0) is 14.7. The summed E-state index contributed by atoms with van der Waals surface area (Å²) in [6, 6.07) is 0. The second kappa shape index (κ2) is 6.17. The minimum Gasteiger partial charge on any atom is -0.359 e. The van der Waals surface area contributed by atoms with E-state index in [2.05, 4.69) is 15.3 Å². The van der Waals surface area contributed by atoms with Gasteiger partial charge in [0.15, 0.2) is 6.29 Å². The molecule has 1 saturated heterocycles. The van der Waals surface area contributed by atoms with Crippen LogP contribution in [-0.2, 0) is 4.79 Å². The van der Waals surface area contributed by atoms with Gasteiger partial charge in [-0.15, -0.1) is 0 Å². The first-order valence-electron chi connectivity index (χ1n) is 6.52. The monoisotopic (exact) mass is 296 g/mol. The Morgan fingerprint density at radius 1 is 1.40 bits per heavy atom. The van der Waals surface area contributed by atoms with Crippen LogP contribution in [0.4, 0.5) is 5.82 Å². The molecule has 0 spiro atoms. The molecule has 108 valence electrons. The summed E-state index contributed by atoms with van der Waals surface area (Å²) in [5.41, 5.74) is 0.315. The van der Waals surface area contributed by atoms with E-state index in [-0.39, 0.29) is 17.0 Å². The number of aromatic nitrogens is 2. The van der Waals surface area contributed by atoms with Crippen LogP contribution in [0.25, 0.3) is 0 Å². The SMILES string of the molecule is CNC(=O)C1CCN(c2nc(C)nc(Cl)c2C=O)CC1. The van der Waals surface area contributed by atoms with Crippen molar-refractivity contribution >= 4 is 29.6 Å². The van der Waals surface area contributed by atoms with Crippen molar-refractivity contribution in [1.29, 1.82) is 0 Å². The quantitative estimate of drug-likeness (QED) is 0.670. The molecule has 0 bridgehead atoms. The zero-order valence-corrected chi connectivity index (χ0v) is 12.3. The van der Waals surface area contributed by atoms with Gasteiger partial charge in [0.05, 0.1) is 5.56 Å². The van der Waals surface area contributed by atoms with Gasteiger partial charge >= 0.3 is 0 Å². The number of piperidine rings is 1. The van der Waals surface area contributed by atoms with E-state index in [9.17, 15) is 9.59 Å². The maximum absolute atomic E-state index is 11.6. The number of anilines is 1. The number of hydrogen-bond donors (Lipinski definition) is 1. The Balaban J connectivity index is 2.18. The molecule has 0 radical (unpaired) electrons. The minimum atomic E-state index is 0.0225. The number of hydrogen-bond acceptors (Lipinski definition) is 5. The van der Waals surface area contributed by atoms with Gasteiger partial charge in [-0.2, -0.15) is 0 Å². The van der Waals surface area contributed by atoms with Crippen molar-refractivity contribution in [3.8, 4) is 0 Å². The van der Waals surface area contributed by atoms with Crippen LogP contribution in [-0.4, -0.2) is 42.3 Å². The lowest BCUT2D eigenvalue weighted by Crippen LogP contribution is -2.40. The van der Waals surface area contributed by atoms with Gasteiger partial charge in [-0.05, 0) is 19.8 Å². The molecule has 6 nitrogen and oxygen atoms in total. The molecule has 0 atom stereocenters. The van der Waals surface area contributed by atoms with E-state index in [1.54, 1.807) is 14.0 Å². The molecule has 20 heavy (non-hydrogen) atoms. The van der Waals surface area contributed by atoms with Gasteiger partial charge in [0.25, 0.3) is 0 Å². The van der Waals surface area contributed by atoms with Crippen molar-refractivity contribution in [2.75, 3.05) is 25.0 Å². The fourth-order valence-corrected chi connectivity index (χ4v) is 2.68.